The fourth-order valence-electron chi connectivity index (χ4n) is 1.90. The second-order valence-electron chi connectivity index (χ2n) is 4.55. The summed E-state index contributed by atoms with van der Waals surface area (Å²) in [4.78, 5) is 8.64. The molecule has 2 heterocycles. The van der Waals surface area contributed by atoms with Crippen molar-refractivity contribution in [3.63, 3.8) is 0 Å². The van der Waals surface area contributed by atoms with E-state index in [2.05, 4.69) is 15.1 Å². The summed E-state index contributed by atoms with van der Waals surface area (Å²) >= 11 is 0. The highest BCUT2D eigenvalue weighted by atomic mass is 16.5. The number of pyridine rings is 1. The third-order valence-corrected chi connectivity index (χ3v) is 2.98. The normalized spacial score (nSPS) is 10.7. The van der Waals surface area contributed by atoms with E-state index in [1.807, 2.05) is 43.3 Å². The maximum absolute atomic E-state index is 5.54. The molecule has 5 heteroatoms. The summed E-state index contributed by atoms with van der Waals surface area (Å²) in [5.74, 6) is 0.971. The Morgan fingerprint density at radius 2 is 2.10 bits per heavy atom. The van der Waals surface area contributed by atoms with Crippen LogP contribution >= 0.6 is 0 Å². The Bertz CT molecular complexity index is 719. The first-order valence-electron chi connectivity index (χ1n) is 6.32. The van der Waals surface area contributed by atoms with Crippen LogP contribution in [0.25, 0.3) is 23.0 Å². The molecule has 100 valence electrons. The maximum atomic E-state index is 5.54. The molecule has 0 spiro atoms. The zero-order valence-electron chi connectivity index (χ0n) is 11.1. The summed E-state index contributed by atoms with van der Waals surface area (Å²) in [5.41, 5.74) is 9.23. The van der Waals surface area contributed by atoms with Crippen LogP contribution in [0.2, 0.25) is 0 Å². The van der Waals surface area contributed by atoms with E-state index in [1.54, 1.807) is 6.20 Å². The number of aryl methyl sites for hydroxylation is 1. The van der Waals surface area contributed by atoms with Gasteiger partial charge in [0, 0.05) is 18.3 Å². The average molecular weight is 266 g/mol. The van der Waals surface area contributed by atoms with E-state index in [1.165, 1.54) is 0 Å². The molecule has 3 rings (SSSR count). The van der Waals surface area contributed by atoms with E-state index in [-0.39, 0.29) is 0 Å². The van der Waals surface area contributed by atoms with Crippen molar-refractivity contribution < 1.29 is 4.52 Å². The van der Waals surface area contributed by atoms with E-state index >= 15 is 0 Å². The molecular formula is C15H14N4O. The minimum atomic E-state index is 0.407. The molecule has 0 aliphatic rings. The minimum absolute atomic E-state index is 0.407. The van der Waals surface area contributed by atoms with Crippen molar-refractivity contribution in [1.82, 2.24) is 15.1 Å². The van der Waals surface area contributed by atoms with Gasteiger partial charge in [-0.05, 0) is 24.6 Å². The van der Waals surface area contributed by atoms with E-state index in [0.717, 1.165) is 16.7 Å². The van der Waals surface area contributed by atoms with E-state index in [9.17, 15) is 0 Å². The lowest BCUT2D eigenvalue weighted by molar-refractivity contribution is 0.431. The predicted molar refractivity (Wildman–Crippen MR) is 75.6 cm³/mol. The van der Waals surface area contributed by atoms with Gasteiger partial charge in [0.05, 0.1) is 0 Å². The van der Waals surface area contributed by atoms with Gasteiger partial charge in [-0.2, -0.15) is 4.98 Å². The van der Waals surface area contributed by atoms with Crippen LogP contribution in [0.5, 0.6) is 0 Å². The van der Waals surface area contributed by atoms with Gasteiger partial charge in [0.15, 0.2) is 0 Å². The molecule has 3 aromatic rings. The second kappa shape index (κ2) is 5.22. The summed E-state index contributed by atoms with van der Waals surface area (Å²) < 4.78 is 5.26. The largest absolute Gasteiger partial charge is 0.332 e. The first-order valence-corrected chi connectivity index (χ1v) is 6.32. The van der Waals surface area contributed by atoms with Crippen LogP contribution in [0.4, 0.5) is 0 Å². The molecule has 1 aromatic carbocycles. The molecule has 0 unspecified atom stereocenters. The third kappa shape index (κ3) is 2.44. The minimum Gasteiger partial charge on any atom is -0.332 e. The number of benzene rings is 1. The Hall–Kier alpha value is -2.53. The van der Waals surface area contributed by atoms with Crippen LogP contribution in [0.1, 0.15) is 11.1 Å². The zero-order chi connectivity index (χ0) is 13.9. The number of nitrogens with two attached hydrogens (primary N) is 1. The highest BCUT2D eigenvalue weighted by Crippen LogP contribution is 2.21. The number of hydrogen-bond acceptors (Lipinski definition) is 5. The molecule has 0 radical (unpaired) electrons. The van der Waals surface area contributed by atoms with Gasteiger partial charge in [0.2, 0.25) is 5.82 Å². The lowest BCUT2D eigenvalue weighted by Gasteiger charge is -1.96. The highest BCUT2D eigenvalue weighted by Gasteiger charge is 2.11. The summed E-state index contributed by atoms with van der Waals surface area (Å²) in [6.07, 6.45) is 1.71. The molecule has 2 N–H and O–H groups in total. The summed E-state index contributed by atoms with van der Waals surface area (Å²) in [6, 6.07) is 11.7. The number of hydrogen-bond donors (Lipinski definition) is 1. The van der Waals surface area contributed by atoms with Crippen LogP contribution < -0.4 is 5.73 Å². The standard InChI is InChI=1S/C15H14N4O/c1-10-3-2-4-12(7-10)14-18-15(20-19-14)13-6-5-11(8-16)9-17-13/h2-7,9H,8,16H2,1H3. The SMILES string of the molecule is Cc1cccc(-c2noc(-c3ccc(CN)cn3)n2)c1. The Morgan fingerprint density at radius 1 is 1.20 bits per heavy atom. The average Bonchev–Trinajstić information content (AvgIpc) is 2.97. The lowest BCUT2D eigenvalue weighted by Crippen LogP contribution is -1.96. The number of nitrogens with zero attached hydrogens (tertiary/aromatic N) is 3. The van der Waals surface area contributed by atoms with Gasteiger partial charge in [0.1, 0.15) is 5.69 Å². The first kappa shape index (κ1) is 12.5. The highest BCUT2D eigenvalue weighted by molar-refractivity contribution is 5.58. The van der Waals surface area contributed by atoms with Gasteiger partial charge in [0.25, 0.3) is 5.89 Å². The van der Waals surface area contributed by atoms with Gasteiger partial charge in [-0.3, -0.25) is 4.98 Å². The molecule has 0 fully saturated rings. The molecule has 0 amide bonds. The van der Waals surface area contributed by atoms with Crippen molar-refractivity contribution in [3.05, 3.63) is 53.7 Å². The van der Waals surface area contributed by atoms with Crippen molar-refractivity contribution >= 4 is 0 Å². The van der Waals surface area contributed by atoms with Crippen molar-refractivity contribution in [3.8, 4) is 23.0 Å². The molecule has 2 aromatic heterocycles. The Morgan fingerprint density at radius 3 is 2.80 bits per heavy atom. The van der Waals surface area contributed by atoms with Crippen LogP contribution in [-0.4, -0.2) is 15.1 Å². The van der Waals surface area contributed by atoms with Crippen molar-refractivity contribution in [2.24, 2.45) is 5.73 Å². The molecule has 0 saturated carbocycles. The lowest BCUT2D eigenvalue weighted by atomic mass is 10.1. The molecule has 5 nitrogen and oxygen atoms in total. The van der Waals surface area contributed by atoms with Crippen molar-refractivity contribution in [2.45, 2.75) is 13.5 Å². The van der Waals surface area contributed by atoms with Crippen molar-refractivity contribution in [1.29, 1.82) is 0 Å². The Labute approximate surface area is 116 Å². The summed E-state index contributed by atoms with van der Waals surface area (Å²) in [6.45, 7) is 2.49. The maximum Gasteiger partial charge on any atom is 0.276 e. The van der Waals surface area contributed by atoms with Gasteiger partial charge in [-0.15, -0.1) is 0 Å². The second-order valence-corrected chi connectivity index (χ2v) is 4.55. The summed E-state index contributed by atoms with van der Waals surface area (Å²) in [7, 11) is 0. The molecule has 0 bridgehead atoms. The van der Waals surface area contributed by atoms with Crippen LogP contribution in [0.3, 0.4) is 0 Å². The number of rotatable bonds is 3. The molecule has 0 aliphatic carbocycles. The van der Waals surface area contributed by atoms with E-state index < -0.39 is 0 Å². The van der Waals surface area contributed by atoms with Gasteiger partial charge >= 0.3 is 0 Å². The smallest absolute Gasteiger partial charge is 0.276 e. The quantitative estimate of drug-likeness (QED) is 0.788. The molecule has 0 atom stereocenters. The topological polar surface area (TPSA) is 77.8 Å². The monoisotopic (exact) mass is 266 g/mol. The fourth-order valence-corrected chi connectivity index (χ4v) is 1.90. The van der Waals surface area contributed by atoms with E-state index in [0.29, 0.717) is 24.0 Å². The zero-order valence-corrected chi connectivity index (χ0v) is 11.1. The molecule has 0 aliphatic heterocycles. The van der Waals surface area contributed by atoms with Gasteiger partial charge in [-0.1, -0.05) is 35.0 Å². The summed E-state index contributed by atoms with van der Waals surface area (Å²) in [5, 5.41) is 4.00. The van der Waals surface area contributed by atoms with Gasteiger partial charge < -0.3 is 10.3 Å². The van der Waals surface area contributed by atoms with Crippen LogP contribution in [-0.2, 0) is 6.54 Å². The van der Waals surface area contributed by atoms with Crippen molar-refractivity contribution in [2.75, 3.05) is 0 Å². The fraction of sp³-hybridized carbons (Fsp3) is 0.133. The first-order chi connectivity index (χ1) is 9.76. The predicted octanol–water partition coefficient (Wildman–Crippen LogP) is 2.57. The Kier molecular flexibility index (Phi) is 3.26. The molecule has 0 saturated heterocycles. The molecule has 20 heavy (non-hydrogen) atoms. The van der Waals surface area contributed by atoms with Crippen LogP contribution in [0.15, 0.2) is 47.1 Å². The molecular weight excluding hydrogens is 252 g/mol. The third-order valence-electron chi connectivity index (χ3n) is 2.98. The Balaban J connectivity index is 1.93. The van der Waals surface area contributed by atoms with Crippen LogP contribution in [0, 0.1) is 6.92 Å². The van der Waals surface area contributed by atoms with E-state index in [4.69, 9.17) is 10.3 Å². The number of aromatic nitrogens is 3. The van der Waals surface area contributed by atoms with Gasteiger partial charge in [-0.25, -0.2) is 0 Å².